The Balaban J connectivity index is 1.97. The Kier molecular flexibility index (Phi) is 6.19. The lowest BCUT2D eigenvalue weighted by Gasteiger charge is -2.27. The number of halogens is 1. The first kappa shape index (κ1) is 14.9. The van der Waals surface area contributed by atoms with Crippen LogP contribution in [0, 0.1) is 0 Å². The van der Waals surface area contributed by atoms with Crippen LogP contribution >= 0.6 is 11.6 Å². The maximum atomic E-state index is 6.11. The van der Waals surface area contributed by atoms with E-state index in [0.717, 1.165) is 11.4 Å². The van der Waals surface area contributed by atoms with Gasteiger partial charge in [0.15, 0.2) is 0 Å². The maximum Gasteiger partial charge on any atom is 0.0409 e. The first-order valence-corrected chi connectivity index (χ1v) is 8.19. The zero-order valence-corrected chi connectivity index (χ0v) is 12.8. The Morgan fingerprint density at radius 1 is 1.16 bits per heavy atom. The molecule has 1 aliphatic rings. The van der Waals surface area contributed by atoms with E-state index in [4.69, 9.17) is 11.6 Å². The van der Waals surface area contributed by atoms with Crippen molar-refractivity contribution in [1.29, 1.82) is 0 Å². The Labute approximate surface area is 122 Å². The molecule has 106 valence electrons. The van der Waals surface area contributed by atoms with Crippen LogP contribution in [0.1, 0.15) is 69.9 Å². The average Bonchev–Trinajstić information content (AvgIpc) is 2.37. The Bertz CT molecular complexity index is 369. The average molecular weight is 280 g/mol. The van der Waals surface area contributed by atoms with E-state index < -0.39 is 0 Å². The molecule has 1 saturated carbocycles. The fourth-order valence-electron chi connectivity index (χ4n) is 3.08. The number of benzene rings is 1. The minimum atomic E-state index is 0.447. The van der Waals surface area contributed by atoms with Gasteiger partial charge in [0, 0.05) is 17.1 Å². The third-order valence-electron chi connectivity index (χ3n) is 4.20. The Morgan fingerprint density at radius 2 is 1.84 bits per heavy atom. The van der Waals surface area contributed by atoms with Gasteiger partial charge in [-0.2, -0.15) is 0 Å². The minimum Gasteiger partial charge on any atom is -0.307 e. The molecular formula is C17H26ClN. The van der Waals surface area contributed by atoms with E-state index in [1.807, 2.05) is 6.07 Å². The van der Waals surface area contributed by atoms with Crippen molar-refractivity contribution in [3.63, 3.8) is 0 Å². The molecule has 2 rings (SSSR count). The van der Waals surface area contributed by atoms with Gasteiger partial charge in [-0.25, -0.2) is 0 Å². The molecule has 0 amide bonds. The van der Waals surface area contributed by atoms with Gasteiger partial charge in [-0.3, -0.25) is 0 Å². The lowest BCUT2D eigenvalue weighted by molar-refractivity contribution is 0.349. The van der Waals surface area contributed by atoms with Crippen molar-refractivity contribution in [2.75, 3.05) is 0 Å². The number of hydrogen-bond acceptors (Lipinski definition) is 1. The summed E-state index contributed by atoms with van der Waals surface area (Å²) in [5.41, 5.74) is 1.33. The summed E-state index contributed by atoms with van der Waals surface area (Å²) >= 11 is 6.11. The van der Waals surface area contributed by atoms with Gasteiger partial charge in [-0.05, 0) is 37.0 Å². The van der Waals surface area contributed by atoms with Crippen molar-refractivity contribution >= 4 is 11.6 Å². The number of rotatable bonds is 4. The van der Waals surface area contributed by atoms with Crippen LogP contribution in [0.25, 0.3) is 0 Å². The second kappa shape index (κ2) is 7.91. The number of nitrogens with one attached hydrogen (secondary N) is 1. The van der Waals surface area contributed by atoms with E-state index in [1.54, 1.807) is 0 Å². The molecule has 1 aliphatic carbocycles. The van der Waals surface area contributed by atoms with Gasteiger partial charge in [0.1, 0.15) is 0 Å². The third kappa shape index (κ3) is 4.81. The van der Waals surface area contributed by atoms with Crippen LogP contribution in [0.3, 0.4) is 0 Å². The van der Waals surface area contributed by atoms with Crippen molar-refractivity contribution in [3.05, 3.63) is 34.9 Å². The maximum absolute atomic E-state index is 6.11. The van der Waals surface area contributed by atoms with E-state index >= 15 is 0 Å². The summed E-state index contributed by atoms with van der Waals surface area (Å²) in [6.07, 6.45) is 10.8. The highest BCUT2D eigenvalue weighted by atomic mass is 35.5. The first-order valence-electron chi connectivity index (χ1n) is 7.81. The van der Waals surface area contributed by atoms with Crippen LogP contribution in [-0.2, 0) is 0 Å². The van der Waals surface area contributed by atoms with Gasteiger partial charge in [-0.1, -0.05) is 62.8 Å². The second-order valence-electron chi connectivity index (χ2n) is 5.72. The monoisotopic (exact) mass is 279 g/mol. The van der Waals surface area contributed by atoms with Crippen LogP contribution in [0.4, 0.5) is 0 Å². The van der Waals surface area contributed by atoms with Gasteiger partial charge in [-0.15, -0.1) is 0 Å². The lowest BCUT2D eigenvalue weighted by atomic mass is 9.94. The van der Waals surface area contributed by atoms with Gasteiger partial charge in [0.05, 0.1) is 0 Å². The smallest absolute Gasteiger partial charge is 0.0409 e. The highest BCUT2D eigenvalue weighted by Crippen LogP contribution is 2.24. The Hall–Kier alpha value is -0.530. The third-order valence-corrected chi connectivity index (χ3v) is 4.44. The summed E-state index contributed by atoms with van der Waals surface area (Å²) in [6.45, 7) is 2.25. The van der Waals surface area contributed by atoms with Gasteiger partial charge in [0.25, 0.3) is 0 Å². The number of hydrogen-bond donors (Lipinski definition) is 1. The summed E-state index contributed by atoms with van der Waals surface area (Å²) in [5, 5.41) is 4.70. The molecule has 19 heavy (non-hydrogen) atoms. The highest BCUT2D eigenvalue weighted by molar-refractivity contribution is 6.30. The van der Waals surface area contributed by atoms with Crippen LogP contribution in [0.2, 0.25) is 5.02 Å². The standard InChI is InChI=1S/C17H26ClN/c1-2-17(14-9-8-10-15(18)13-14)19-16-11-6-4-3-5-7-12-16/h8-10,13,16-17,19H,2-7,11-12H2,1H3. The minimum absolute atomic E-state index is 0.447. The molecule has 2 heteroatoms. The van der Waals surface area contributed by atoms with E-state index in [9.17, 15) is 0 Å². The summed E-state index contributed by atoms with van der Waals surface area (Å²) < 4.78 is 0. The summed E-state index contributed by atoms with van der Waals surface area (Å²) in [5.74, 6) is 0. The van der Waals surface area contributed by atoms with E-state index in [2.05, 4.69) is 30.4 Å². The fraction of sp³-hybridized carbons (Fsp3) is 0.647. The predicted octanol–water partition coefficient (Wildman–Crippen LogP) is 5.49. The molecular weight excluding hydrogens is 254 g/mol. The summed E-state index contributed by atoms with van der Waals surface area (Å²) in [4.78, 5) is 0. The normalized spacial score (nSPS) is 19.7. The first-order chi connectivity index (χ1) is 9.29. The molecule has 0 radical (unpaired) electrons. The van der Waals surface area contributed by atoms with Crippen LogP contribution < -0.4 is 5.32 Å². The molecule has 1 nitrogen and oxygen atoms in total. The van der Waals surface area contributed by atoms with Crippen LogP contribution in [0.15, 0.2) is 24.3 Å². The molecule has 0 aliphatic heterocycles. The molecule has 0 bridgehead atoms. The van der Waals surface area contributed by atoms with Crippen molar-refractivity contribution in [1.82, 2.24) is 5.32 Å². The predicted molar refractivity (Wildman–Crippen MR) is 83.7 cm³/mol. The molecule has 0 heterocycles. The van der Waals surface area contributed by atoms with Gasteiger partial charge < -0.3 is 5.32 Å². The van der Waals surface area contributed by atoms with Crippen molar-refractivity contribution in [2.45, 2.75) is 70.4 Å². The van der Waals surface area contributed by atoms with E-state index in [1.165, 1.54) is 50.5 Å². The SMILES string of the molecule is CCC(NC1CCCCCCC1)c1cccc(Cl)c1. The highest BCUT2D eigenvalue weighted by Gasteiger charge is 2.16. The molecule has 0 saturated heterocycles. The molecule has 1 unspecified atom stereocenters. The van der Waals surface area contributed by atoms with Crippen molar-refractivity contribution < 1.29 is 0 Å². The summed E-state index contributed by atoms with van der Waals surface area (Å²) in [6, 6.07) is 9.43. The van der Waals surface area contributed by atoms with Gasteiger partial charge in [0.2, 0.25) is 0 Å². The van der Waals surface area contributed by atoms with E-state index in [-0.39, 0.29) is 0 Å². The van der Waals surface area contributed by atoms with Gasteiger partial charge >= 0.3 is 0 Å². The van der Waals surface area contributed by atoms with Crippen molar-refractivity contribution in [3.8, 4) is 0 Å². The molecule has 0 spiro atoms. The van der Waals surface area contributed by atoms with Crippen molar-refractivity contribution in [2.24, 2.45) is 0 Å². The summed E-state index contributed by atoms with van der Waals surface area (Å²) in [7, 11) is 0. The Morgan fingerprint density at radius 3 is 2.47 bits per heavy atom. The molecule has 1 atom stereocenters. The fourth-order valence-corrected chi connectivity index (χ4v) is 3.28. The van der Waals surface area contributed by atoms with Crippen LogP contribution in [0.5, 0.6) is 0 Å². The second-order valence-corrected chi connectivity index (χ2v) is 6.16. The zero-order chi connectivity index (χ0) is 13.5. The lowest BCUT2D eigenvalue weighted by Crippen LogP contribution is -2.33. The van der Waals surface area contributed by atoms with E-state index in [0.29, 0.717) is 12.1 Å². The molecule has 1 N–H and O–H groups in total. The van der Waals surface area contributed by atoms with Crippen LogP contribution in [-0.4, -0.2) is 6.04 Å². The quantitative estimate of drug-likeness (QED) is 0.768. The molecule has 1 fully saturated rings. The molecule has 0 aromatic heterocycles. The molecule has 1 aromatic carbocycles. The molecule has 1 aromatic rings. The largest absolute Gasteiger partial charge is 0.307 e. The zero-order valence-electron chi connectivity index (χ0n) is 12.0. The topological polar surface area (TPSA) is 12.0 Å².